The molecule has 0 bridgehead atoms. The first kappa shape index (κ1) is 18.3. The van der Waals surface area contributed by atoms with Gasteiger partial charge < -0.3 is 14.6 Å². The zero-order valence-electron chi connectivity index (χ0n) is 15.2. The third-order valence-corrected chi connectivity index (χ3v) is 4.74. The van der Waals surface area contributed by atoms with Crippen molar-refractivity contribution in [3.8, 4) is 11.5 Å². The maximum Gasteiger partial charge on any atom is 0.325 e. The Morgan fingerprint density at radius 2 is 2.08 bits per heavy atom. The van der Waals surface area contributed by atoms with Crippen LogP contribution in [0.15, 0.2) is 30.5 Å². The molecule has 0 amide bonds. The summed E-state index contributed by atoms with van der Waals surface area (Å²) in [6.07, 6.45) is 3.92. The summed E-state index contributed by atoms with van der Waals surface area (Å²) in [5.41, 5.74) is 2.16. The van der Waals surface area contributed by atoms with Gasteiger partial charge in [-0.3, -0.25) is 14.4 Å². The predicted molar refractivity (Wildman–Crippen MR) is 96.7 cm³/mol. The zero-order valence-corrected chi connectivity index (χ0v) is 15.2. The Morgan fingerprint density at radius 1 is 1.27 bits per heavy atom. The molecule has 0 spiro atoms. The molecule has 2 aromatic rings. The van der Waals surface area contributed by atoms with Gasteiger partial charge in [0.25, 0.3) is 0 Å². The summed E-state index contributed by atoms with van der Waals surface area (Å²) in [5.74, 6) is 0.931. The molecule has 1 unspecified atom stereocenters. The van der Waals surface area contributed by atoms with E-state index in [-0.39, 0.29) is 6.54 Å². The maximum absolute atomic E-state index is 10.8. The first-order valence-electron chi connectivity index (χ1n) is 8.77. The molecule has 1 aliphatic rings. The van der Waals surface area contributed by atoms with Gasteiger partial charge in [0.1, 0.15) is 6.54 Å². The SMILES string of the molecule is COc1ccc(CN2CCCC(c3ccn(CC(=O)O)n3)C2)cc1OC. The molecule has 0 radical (unpaired) electrons. The van der Waals surface area contributed by atoms with Crippen LogP contribution >= 0.6 is 0 Å². The molecule has 1 fully saturated rings. The standard InChI is InChI=1S/C19H25N3O4/c1-25-17-6-5-14(10-18(17)26-2)11-21-8-3-4-15(12-21)16-7-9-22(20-16)13-19(23)24/h5-7,9-10,15H,3-4,8,11-13H2,1-2H3,(H,23,24). The minimum Gasteiger partial charge on any atom is -0.493 e. The van der Waals surface area contributed by atoms with Gasteiger partial charge >= 0.3 is 5.97 Å². The van der Waals surface area contributed by atoms with Crippen LogP contribution in [0.1, 0.15) is 30.0 Å². The average molecular weight is 359 g/mol. The van der Waals surface area contributed by atoms with E-state index in [1.54, 1.807) is 20.4 Å². The number of ether oxygens (including phenoxy) is 2. The van der Waals surface area contributed by atoms with E-state index < -0.39 is 5.97 Å². The number of piperidine rings is 1. The van der Waals surface area contributed by atoms with Crippen molar-refractivity contribution in [1.29, 1.82) is 0 Å². The topological polar surface area (TPSA) is 76.8 Å². The highest BCUT2D eigenvalue weighted by Crippen LogP contribution is 2.30. The molecular weight excluding hydrogens is 334 g/mol. The van der Waals surface area contributed by atoms with Crippen molar-refractivity contribution in [3.05, 3.63) is 41.7 Å². The lowest BCUT2D eigenvalue weighted by molar-refractivity contribution is -0.137. The zero-order chi connectivity index (χ0) is 18.5. The van der Waals surface area contributed by atoms with Gasteiger partial charge in [-0.25, -0.2) is 0 Å². The molecule has 1 N–H and O–H groups in total. The highest BCUT2D eigenvalue weighted by atomic mass is 16.5. The molecule has 1 aromatic heterocycles. The second kappa shape index (κ2) is 8.23. The Hall–Kier alpha value is -2.54. The van der Waals surface area contributed by atoms with Gasteiger partial charge in [0, 0.05) is 25.2 Å². The molecule has 7 heteroatoms. The van der Waals surface area contributed by atoms with E-state index in [2.05, 4.69) is 16.1 Å². The van der Waals surface area contributed by atoms with Crippen LogP contribution in [0.4, 0.5) is 0 Å². The van der Waals surface area contributed by atoms with Gasteiger partial charge in [0.2, 0.25) is 0 Å². The lowest BCUT2D eigenvalue weighted by atomic mass is 9.94. The summed E-state index contributed by atoms with van der Waals surface area (Å²) in [6, 6.07) is 7.95. The third-order valence-electron chi connectivity index (χ3n) is 4.74. The number of benzene rings is 1. The number of hydrogen-bond acceptors (Lipinski definition) is 5. The van der Waals surface area contributed by atoms with E-state index >= 15 is 0 Å². The number of likely N-dealkylation sites (tertiary alicyclic amines) is 1. The van der Waals surface area contributed by atoms with Crippen LogP contribution in [0.3, 0.4) is 0 Å². The molecule has 1 atom stereocenters. The number of carboxylic acids is 1. The number of nitrogens with zero attached hydrogens (tertiary/aromatic N) is 3. The minimum absolute atomic E-state index is 0.0952. The van der Waals surface area contributed by atoms with E-state index in [0.29, 0.717) is 5.92 Å². The predicted octanol–water partition coefficient (Wildman–Crippen LogP) is 2.36. The van der Waals surface area contributed by atoms with Crippen molar-refractivity contribution in [2.45, 2.75) is 31.8 Å². The molecule has 2 heterocycles. The molecular formula is C19H25N3O4. The molecule has 7 nitrogen and oxygen atoms in total. The van der Waals surface area contributed by atoms with Gasteiger partial charge in [-0.1, -0.05) is 6.07 Å². The van der Waals surface area contributed by atoms with Crippen LogP contribution in [-0.2, 0) is 17.9 Å². The lowest BCUT2D eigenvalue weighted by Crippen LogP contribution is -2.34. The Bertz CT molecular complexity index is 759. The summed E-state index contributed by atoms with van der Waals surface area (Å²) < 4.78 is 12.2. The summed E-state index contributed by atoms with van der Waals surface area (Å²) in [6.45, 7) is 2.70. The van der Waals surface area contributed by atoms with Crippen molar-refractivity contribution >= 4 is 5.97 Å². The van der Waals surface area contributed by atoms with E-state index in [1.807, 2.05) is 18.2 Å². The molecule has 0 aliphatic carbocycles. The largest absolute Gasteiger partial charge is 0.493 e. The number of carbonyl (C=O) groups is 1. The molecule has 1 aromatic carbocycles. The monoisotopic (exact) mass is 359 g/mol. The Balaban J connectivity index is 1.65. The van der Waals surface area contributed by atoms with E-state index in [1.165, 1.54) is 10.2 Å². The van der Waals surface area contributed by atoms with E-state index in [9.17, 15) is 4.79 Å². The highest BCUT2D eigenvalue weighted by Gasteiger charge is 2.23. The van der Waals surface area contributed by atoms with Gasteiger partial charge in [-0.05, 0) is 43.1 Å². The number of aliphatic carboxylic acids is 1. The fourth-order valence-electron chi connectivity index (χ4n) is 3.50. The fraction of sp³-hybridized carbons (Fsp3) is 0.474. The fourth-order valence-corrected chi connectivity index (χ4v) is 3.50. The summed E-state index contributed by atoms with van der Waals surface area (Å²) >= 11 is 0. The first-order valence-corrected chi connectivity index (χ1v) is 8.77. The smallest absolute Gasteiger partial charge is 0.325 e. The Labute approximate surface area is 153 Å². The normalized spacial score (nSPS) is 17.8. The van der Waals surface area contributed by atoms with Crippen LogP contribution in [0.5, 0.6) is 11.5 Å². The van der Waals surface area contributed by atoms with Crippen molar-refractivity contribution in [3.63, 3.8) is 0 Å². The number of aromatic nitrogens is 2. The summed E-state index contributed by atoms with van der Waals surface area (Å²) in [5, 5.41) is 13.3. The minimum atomic E-state index is -0.877. The first-order chi connectivity index (χ1) is 12.6. The molecule has 1 saturated heterocycles. The van der Waals surface area contributed by atoms with Crippen molar-refractivity contribution in [1.82, 2.24) is 14.7 Å². The van der Waals surface area contributed by atoms with Crippen LogP contribution in [0, 0.1) is 0 Å². The third kappa shape index (κ3) is 4.35. The summed E-state index contributed by atoms with van der Waals surface area (Å²) in [4.78, 5) is 13.2. The number of hydrogen-bond donors (Lipinski definition) is 1. The van der Waals surface area contributed by atoms with Crippen molar-refractivity contribution in [2.24, 2.45) is 0 Å². The number of carboxylic acid groups (broad SMARTS) is 1. The van der Waals surface area contributed by atoms with E-state index in [4.69, 9.17) is 14.6 Å². The average Bonchev–Trinajstić information content (AvgIpc) is 3.09. The molecule has 26 heavy (non-hydrogen) atoms. The number of methoxy groups -OCH3 is 2. The maximum atomic E-state index is 10.8. The quantitative estimate of drug-likeness (QED) is 0.818. The molecule has 3 rings (SSSR count). The Morgan fingerprint density at radius 3 is 2.81 bits per heavy atom. The Kier molecular flexibility index (Phi) is 5.78. The molecule has 1 aliphatic heterocycles. The van der Waals surface area contributed by atoms with Gasteiger partial charge in [-0.2, -0.15) is 5.10 Å². The van der Waals surface area contributed by atoms with Crippen LogP contribution in [0.2, 0.25) is 0 Å². The highest BCUT2D eigenvalue weighted by molar-refractivity contribution is 5.66. The van der Waals surface area contributed by atoms with Gasteiger partial charge in [0.15, 0.2) is 11.5 Å². The van der Waals surface area contributed by atoms with Gasteiger partial charge in [-0.15, -0.1) is 0 Å². The second-order valence-corrected chi connectivity index (χ2v) is 6.60. The van der Waals surface area contributed by atoms with Gasteiger partial charge in [0.05, 0.1) is 19.9 Å². The van der Waals surface area contributed by atoms with Crippen molar-refractivity contribution < 1.29 is 19.4 Å². The van der Waals surface area contributed by atoms with Crippen LogP contribution in [-0.4, -0.2) is 53.1 Å². The van der Waals surface area contributed by atoms with Crippen LogP contribution < -0.4 is 9.47 Å². The van der Waals surface area contributed by atoms with Crippen molar-refractivity contribution in [2.75, 3.05) is 27.3 Å². The number of rotatable bonds is 7. The molecule has 140 valence electrons. The lowest BCUT2D eigenvalue weighted by Gasteiger charge is -2.32. The second-order valence-electron chi connectivity index (χ2n) is 6.60. The molecule has 0 saturated carbocycles. The van der Waals surface area contributed by atoms with Crippen LogP contribution in [0.25, 0.3) is 0 Å². The van der Waals surface area contributed by atoms with E-state index in [0.717, 1.165) is 49.7 Å². The summed E-state index contributed by atoms with van der Waals surface area (Å²) in [7, 11) is 3.28.